The number of phenolic OH excluding ortho intramolecular Hbond substituents is 1. The molecule has 0 aliphatic heterocycles. The van der Waals surface area contributed by atoms with Crippen molar-refractivity contribution in [1.29, 1.82) is 0 Å². The number of phenols is 1. The maximum absolute atomic E-state index is 13.5. The molecule has 0 unspecified atom stereocenters. The van der Waals surface area contributed by atoms with Crippen LogP contribution >= 0.6 is 68.4 Å². The molecule has 4 aromatic carbocycles. The summed E-state index contributed by atoms with van der Waals surface area (Å²) >= 11 is 16.8. The summed E-state index contributed by atoms with van der Waals surface area (Å²) in [6.45, 7) is 0. The fraction of sp³-hybridized carbons (Fsp3) is 0.182. The van der Waals surface area contributed by atoms with Crippen LogP contribution in [0.15, 0.2) is 71.8 Å². The van der Waals surface area contributed by atoms with Gasteiger partial charge in [-0.15, -0.1) is 0 Å². The van der Waals surface area contributed by atoms with Crippen molar-refractivity contribution in [3.63, 3.8) is 0 Å². The third-order valence-electron chi connectivity index (χ3n) is 6.83. The lowest BCUT2D eigenvalue weighted by molar-refractivity contribution is -0.128. The summed E-state index contributed by atoms with van der Waals surface area (Å²) in [5.41, 5.74) is 5.65. The Morgan fingerprint density at radius 1 is 0.915 bits per heavy atom. The van der Waals surface area contributed by atoms with Gasteiger partial charge in [0.05, 0.1) is 56.8 Å². The molecule has 1 atom stereocenters. The molecule has 0 heterocycles. The third-order valence-corrected chi connectivity index (χ3v) is 9.11. The second-order valence-electron chi connectivity index (χ2n) is 9.98. The van der Waals surface area contributed by atoms with Crippen LogP contribution in [0.5, 0.6) is 23.0 Å². The number of para-hydroxylation sites is 2. The number of carbonyl (C=O) groups is 2. The van der Waals surface area contributed by atoms with Crippen LogP contribution in [0.1, 0.15) is 16.7 Å². The molecule has 0 radical (unpaired) electrons. The molecule has 0 saturated carbocycles. The first-order chi connectivity index (χ1) is 22.5. The number of ether oxygens (including phenoxy) is 3. The number of hydrogen-bond donors (Lipinski definition) is 4. The Morgan fingerprint density at radius 2 is 1.53 bits per heavy atom. The van der Waals surface area contributed by atoms with Gasteiger partial charge in [-0.1, -0.05) is 47.5 Å². The summed E-state index contributed by atoms with van der Waals surface area (Å²) in [5, 5.41) is 21.3. The van der Waals surface area contributed by atoms with E-state index >= 15 is 0 Å². The molecule has 0 spiro atoms. The average Bonchev–Trinajstić information content (AvgIpc) is 3.05. The number of benzene rings is 4. The minimum absolute atomic E-state index is 0.0472. The van der Waals surface area contributed by atoms with Crippen LogP contribution in [0.4, 0.5) is 11.4 Å². The zero-order valence-corrected chi connectivity index (χ0v) is 31.2. The molecule has 0 aliphatic rings. The lowest BCUT2D eigenvalue weighted by Gasteiger charge is -2.19. The maximum Gasteiger partial charge on any atom is 0.262 e. The largest absolute Gasteiger partial charge is 0.506 e. The molecular weight excluding hydrogens is 873 g/mol. The first-order valence-electron chi connectivity index (χ1n) is 13.9. The van der Waals surface area contributed by atoms with Gasteiger partial charge in [-0.25, -0.2) is 5.43 Å². The quantitative estimate of drug-likeness (QED) is 0.0641. The molecule has 0 fully saturated rings. The van der Waals surface area contributed by atoms with Crippen molar-refractivity contribution >= 4 is 97.8 Å². The zero-order chi connectivity index (χ0) is 34.1. The number of anilines is 2. The second-order valence-corrected chi connectivity index (χ2v) is 13.1. The van der Waals surface area contributed by atoms with E-state index in [0.717, 1.165) is 5.56 Å². The van der Waals surface area contributed by atoms with Crippen molar-refractivity contribution in [1.82, 2.24) is 10.7 Å². The molecule has 246 valence electrons. The van der Waals surface area contributed by atoms with Gasteiger partial charge >= 0.3 is 0 Å². The normalized spacial score (nSPS) is 11.6. The van der Waals surface area contributed by atoms with Gasteiger partial charge in [0, 0.05) is 17.7 Å². The number of methoxy groups -OCH3 is 3. The Balaban J connectivity index is 1.55. The van der Waals surface area contributed by atoms with E-state index in [1.165, 1.54) is 27.5 Å². The van der Waals surface area contributed by atoms with Crippen LogP contribution in [-0.4, -0.2) is 50.5 Å². The molecular formula is C33H30Cl2I2N4O6. The van der Waals surface area contributed by atoms with Crippen molar-refractivity contribution < 1.29 is 28.9 Å². The predicted molar refractivity (Wildman–Crippen MR) is 201 cm³/mol. The standard InChI is InChI=1S/C33H30Cl2I2N4O6/c1-45-27-14-19(15-28(46-2)32(27)47-3)17-38-41-33(44)26(13-18-11-23(36)31(43)24(37)12-18)39-29(42)16-20-7-4-5-10-25(20)40-30-21(34)8-6-9-22(30)35/h4-12,14-15,17,26,40,43H,13,16H2,1-3H3,(H,39,42)(H,41,44)/b38-17+/t26-/m0/s1. The number of rotatable bonds is 13. The molecule has 2 amide bonds. The minimum Gasteiger partial charge on any atom is -0.506 e. The number of hydrazone groups is 1. The first kappa shape index (κ1) is 36.4. The van der Waals surface area contributed by atoms with E-state index in [1.54, 1.807) is 48.5 Å². The summed E-state index contributed by atoms with van der Waals surface area (Å²) in [6.07, 6.45) is 1.52. The summed E-state index contributed by atoms with van der Waals surface area (Å²) in [6, 6.07) is 18.3. The van der Waals surface area contributed by atoms with Gasteiger partial charge in [0.25, 0.3) is 5.91 Å². The van der Waals surface area contributed by atoms with Gasteiger partial charge < -0.3 is 30.0 Å². The SMILES string of the molecule is COc1cc(/C=N/NC(=O)[C@H](Cc2cc(I)c(O)c(I)c2)NC(=O)Cc2ccccc2Nc2c(Cl)cccc2Cl)cc(OC)c1OC. The summed E-state index contributed by atoms with van der Waals surface area (Å²) in [7, 11) is 4.50. The fourth-order valence-electron chi connectivity index (χ4n) is 4.57. The highest BCUT2D eigenvalue weighted by Gasteiger charge is 2.23. The lowest BCUT2D eigenvalue weighted by Crippen LogP contribution is -2.47. The number of nitrogens with zero attached hydrogens (tertiary/aromatic N) is 1. The molecule has 14 heteroatoms. The van der Waals surface area contributed by atoms with Crippen molar-refractivity contribution in [3.05, 3.63) is 101 Å². The van der Waals surface area contributed by atoms with E-state index in [2.05, 4.69) is 21.2 Å². The number of nitrogens with one attached hydrogen (secondary N) is 3. The number of halogens is 4. The van der Waals surface area contributed by atoms with Gasteiger partial charge in [-0.3, -0.25) is 9.59 Å². The molecule has 0 aromatic heterocycles. The lowest BCUT2D eigenvalue weighted by atomic mass is 10.0. The summed E-state index contributed by atoms with van der Waals surface area (Å²) < 4.78 is 17.4. The Labute approximate surface area is 309 Å². The smallest absolute Gasteiger partial charge is 0.262 e. The highest BCUT2D eigenvalue weighted by Crippen LogP contribution is 2.38. The molecule has 4 aromatic rings. The van der Waals surface area contributed by atoms with E-state index in [4.69, 9.17) is 37.4 Å². The van der Waals surface area contributed by atoms with Gasteiger partial charge in [0.1, 0.15) is 11.8 Å². The van der Waals surface area contributed by atoms with Crippen molar-refractivity contribution in [2.24, 2.45) is 5.10 Å². The third kappa shape index (κ3) is 9.55. The van der Waals surface area contributed by atoms with E-state index in [-0.39, 0.29) is 18.6 Å². The summed E-state index contributed by atoms with van der Waals surface area (Å²) in [4.78, 5) is 26.9. The highest BCUT2D eigenvalue weighted by molar-refractivity contribution is 14.1. The van der Waals surface area contributed by atoms with Crippen molar-refractivity contribution in [3.8, 4) is 23.0 Å². The second kappa shape index (κ2) is 17.1. The maximum atomic E-state index is 13.5. The van der Waals surface area contributed by atoms with Crippen LogP contribution in [0.3, 0.4) is 0 Å². The Morgan fingerprint density at radius 3 is 2.13 bits per heavy atom. The van der Waals surface area contributed by atoms with Gasteiger partial charge in [-0.05, 0) is 98.8 Å². The van der Waals surface area contributed by atoms with E-state index in [1.807, 2.05) is 63.4 Å². The Bertz CT molecular complexity index is 1740. The van der Waals surface area contributed by atoms with Gasteiger partial charge in [0.2, 0.25) is 11.7 Å². The molecule has 4 rings (SSSR count). The monoisotopic (exact) mass is 902 g/mol. The van der Waals surface area contributed by atoms with Crippen molar-refractivity contribution in [2.45, 2.75) is 18.9 Å². The number of aromatic hydroxyl groups is 1. The van der Waals surface area contributed by atoms with Crippen LogP contribution in [-0.2, 0) is 22.4 Å². The van der Waals surface area contributed by atoms with Crippen LogP contribution in [0.25, 0.3) is 0 Å². The average molecular weight is 903 g/mol. The fourth-order valence-corrected chi connectivity index (χ4v) is 6.96. The first-order valence-corrected chi connectivity index (χ1v) is 16.8. The zero-order valence-electron chi connectivity index (χ0n) is 25.4. The van der Waals surface area contributed by atoms with Crippen LogP contribution < -0.4 is 30.3 Å². The van der Waals surface area contributed by atoms with Crippen LogP contribution in [0.2, 0.25) is 10.0 Å². The van der Waals surface area contributed by atoms with E-state index in [9.17, 15) is 14.7 Å². The van der Waals surface area contributed by atoms with Crippen LogP contribution in [0, 0.1) is 7.14 Å². The summed E-state index contributed by atoms with van der Waals surface area (Å²) in [5.74, 6) is 0.470. The topological polar surface area (TPSA) is 131 Å². The highest BCUT2D eigenvalue weighted by atomic mass is 127. The molecule has 47 heavy (non-hydrogen) atoms. The molecule has 0 saturated heterocycles. The number of carbonyl (C=O) groups excluding carboxylic acids is 2. The van der Waals surface area contributed by atoms with E-state index < -0.39 is 17.9 Å². The number of hydrogen-bond acceptors (Lipinski definition) is 8. The minimum atomic E-state index is -1.01. The van der Waals surface area contributed by atoms with Gasteiger partial charge in [-0.2, -0.15) is 5.10 Å². The van der Waals surface area contributed by atoms with Crippen molar-refractivity contribution in [2.75, 3.05) is 26.6 Å². The van der Waals surface area contributed by atoms with Gasteiger partial charge in [0.15, 0.2) is 11.5 Å². The Hall–Kier alpha value is -3.47. The molecule has 10 nitrogen and oxygen atoms in total. The van der Waals surface area contributed by atoms with E-state index in [0.29, 0.717) is 56.9 Å². The number of amides is 2. The Kier molecular flexibility index (Phi) is 13.2. The molecule has 0 aliphatic carbocycles. The molecule has 4 N–H and O–H groups in total. The predicted octanol–water partition coefficient (Wildman–Crippen LogP) is 7.10. The molecule has 0 bridgehead atoms.